The fourth-order valence-corrected chi connectivity index (χ4v) is 1.94. The number of alkyl halides is 1. The first-order valence-corrected chi connectivity index (χ1v) is 5.20. The van der Waals surface area contributed by atoms with E-state index in [0.29, 0.717) is 19.4 Å². The van der Waals surface area contributed by atoms with Gasteiger partial charge in [0.25, 0.3) is 0 Å². The minimum Gasteiger partial charge on any atom is -0.481 e. The monoisotopic (exact) mass is 203 g/mol. The predicted octanol–water partition coefficient (Wildman–Crippen LogP) is 1.58. The zero-order chi connectivity index (χ0) is 10.6. The Hall–Kier alpha value is -0.640. The van der Waals surface area contributed by atoms with Crippen molar-refractivity contribution in [1.82, 2.24) is 5.32 Å². The van der Waals surface area contributed by atoms with Gasteiger partial charge in [-0.1, -0.05) is 6.92 Å². The third-order valence-corrected chi connectivity index (χ3v) is 2.77. The first-order chi connectivity index (χ1) is 6.57. The van der Waals surface area contributed by atoms with E-state index in [0.717, 1.165) is 13.0 Å². The highest BCUT2D eigenvalue weighted by atomic mass is 19.1. The fourth-order valence-electron chi connectivity index (χ4n) is 1.94. The van der Waals surface area contributed by atoms with E-state index in [1.54, 1.807) is 0 Å². The van der Waals surface area contributed by atoms with Crippen LogP contribution in [0.25, 0.3) is 0 Å². The normalized spacial score (nSPS) is 32.0. The van der Waals surface area contributed by atoms with Crippen molar-refractivity contribution in [1.29, 1.82) is 0 Å². The van der Waals surface area contributed by atoms with Gasteiger partial charge in [0, 0.05) is 6.54 Å². The Morgan fingerprint density at radius 3 is 2.93 bits per heavy atom. The van der Waals surface area contributed by atoms with Crippen LogP contribution in [-0.4, -0.2) is 29.8 Å². The topological polar surface area (TPSA) is 49.3 Å². The molecular formula is C10H18FNO2. The summed E-state index contributed by atoms with van der Waals surface area (Å²) in [5.41, 5.74) is -1.29. The minimum atomic E-state index is -1.29. The molecule has 0 heterocycles. The highest BCUT2D eigenvalue weighted by Gasteiger charge is 2.41. The van der Waals surface area contributed by atoms with Crippen LogP contribution in [0.1, 0.15) is 32.6 Å². The number of halogens is 1. The summed E-state index contributed by atoms with van der Waals surface area (Å²) in [5.74, 6) is -1.34. The second kappa shape index (κ2) is 4.73. The number of carboxylic acid groups (broad SMARTS) is 1. The molecule has 14 heavy (non-hydrogen) atoms. The van der Waals surface area contributed by atoms with E-state index >= 15 is 0 Å². The molecule has 0 aliphatic heterocycles. The van der Waals surface area contributed by atoms with Crippen LogP contribution in [0.15, 0.2) is 0 Å². The number of hydrogen-bond acceptors (Lipinski definition) is 2. The number of carboxylic acids is 1. The van der Waals surface area contributed by atoms with Gasteiger partial charge < -0.3 is 10.4 Å². The number of hydrogen-bond donors (Lipinski definition) is 2. The quantitative estimate of drug-likeness (QED) is 0.667. The molecule has 1 saturated carbocycles. The van der Waals surface area contributed by atoms with Crippen molar-refractivity contribution in [2.75, 3.05) is 13.1 Å². The van der Waals surface area contributed by atoms with E-state index in [-0.39, 0.29) is 6.42 Å². The van der Waals surface area contributed by atoms with Crippen molar-refractivity contribution in [2.45, 2.75) is 38.3 Å². The molecule has 4 heteroatoms. The fraction of sp³-hybridized carbons (Fsp3) is 0.900. The van der Waals surface area contributed by atoms with Crippen molar-refractivity contribution in [2.24, 2.45) is 5.92 Å². The van der Waals surface area contributed by atoms with Crippen molar-refractivity contribution in [3.05, 3.63) is 0 Å². The van der Waals surface area contributed by atoms with Crippen molar-refractivity contribution in [3.8, 4) is 0 Å². The van der Waals surface area contributed by atoms with E-state index in [2.05, 4.69) is 5.32 Å². The van der Waals surface area contributed by atoms with Crippen LogP contribution in [0.4, 0.5) is 4.39 Å². The molecule has 2 atom stereocenters. The van der Waals surface area contributed by atoms with Gasteiger partial charge in [0.15, 0.2) is 0 Å². The molecule has 1 rings (SSSR count). The van der Waals surface area contributed by atoms with Gasteiger partial charge in [-0.25, -0.2) is 4.39 Å². The average molecular weight is 203 g/mol. The van der Waals surface area contributed by atoms with Crippen LogP contribution in [-0.2, 0) is 4.79 Å². The summed E-state index contributed by atoms with van der Waals surface area (Å²) in [6.07, 6.45) is 1.98. The molecule has 0 spiro atoms. The predicted molar refractivity (Wildman–Crippen MR) is 52.0 cm³/mol. The summed E-state index contributed by atoms with van der Waals surface area (Å²) in [6, 6.07) is 0. The standard InChI is InChI=1S/C10H18FNO2/c1-2-5-12-7-10(11)4-3-8(6-10)9(13)14/h8,12H,2-7H2,1H3,(H,13,14). The molecule has 0 saturated heterocycles. The van der Waals surface area contributed by atoms with Crippen LogP contribution in [0.5, 0.6) is 0 Å². The minimum absolute atomic E-state index is 0.166. The van der Waals surface area contributed by atoms with Gasteiger partial charge in [0.1, 0.15) is 5.67 Å². The van der Waals surface area contributed by atoms with Gasteiger partial charge in [0.2, 0.25) is 0 Å². The summed E-state index contributed by atoms with van der Waals surface area (Å²) in [7, 11) is 0. The lowest BCUT2D eigenvalue weighted by Crippen LogP contribution is -2.35. The lowest BCUT2D eigenvalue weighted by atomic mass is 10.0. The molecule has 2 N–H and O–H groups in total. The summed E-state index contributed by atoms with van der Waals surface area (Å²) < 4.78 is 13.9. The van der Waals surface area contributed by atoms with Crippen LogP contribution in [0.3, 0.4) is 0 Å². The summed E-state index contributed by atoms with van der Waals surface area (Å²) >= 11 is 0. The van der Waals surface area contributed by atoms with Crippen molar-refractivity contribution < 1.29 is 14.3 Å². The van der Waals surface area contributed by atoms with Gasteiger partial charge >= 0.3 is 5.97 Å². The van der Waals surface area contributed by atoms with Crippen LogP contribution < -0.4 is 5.32 Å². The maximum atomic E-state index is 13.9. The molecule has 0 amide bonds. The number of nitrogens with one attached hydrogen (secondary N) is 1. The van der Waals surface area contributed by atoms with E-state index < -0.39 is 17.6 Å². The van der Waals surface area contributed by atoms with Crippen molar-refractivity contribution >= 4 is 5.97 Å². The average Bonchev–Trinajstić information content (AvgIpc) is 2.49. The third kappa shape index (κ3) is 2.94. The largest absolute Gasteiger partial charge is 0.481 e. The second-order valence-corrected chi connectivity index (χ2v) is 4.11. The maximum absolute atomic E-state index is 13.9. The molecule has 2 unspecified atom stereocenters. The van der Waals surface area contributed by atoms with Crippen molar-refractivity contribution in [3.63, 3.8) is 0 Å². The lowest BCUT2D eigenvalue weighted by Gasteiger charge is -2.19. The summed E-state index contributed by atoms with van der Waals surface area (Å²) in [4.78, 5) is 10.6. The maximum Gasteiger partial charge on any atom is 0.306 e. The van der Waals surface area contributed by atoms with E-state index in [4.69, 9.17) is 5.11 Å². The van der Waals surface area contributed by atoms with Gasteiger partial charge in [-0.05, 0) is 32.2 Å². The molecule has 3 nitrogen and oxygen atoms in total. The molecule has 1 fully saturated rings. The van der Waals surface area contributed by atoms with E-state index in [1.165, 1.54) is 0 Å². The van der Waals surface area contributed by atoms with Crippen LogP contribution in [0, 0.1) is 5.92 Å². The molecule has 82 valence electrons. The van der Waals surface area contributed by atoms with Crippen LogP contribution in [0.2, 0.25) is 0 Å². The smallest absolute Gasteiger partial charge is 0.306 e. The second-order valence-electron chi connectivity index (χ2n) is 4.11. The van der Waals surface area contributed by atoms with Gasteiger partial charge in [0.05, 0.1) is 5.92 Å². The lowest BCUT2D eigenvalue weighted by molar-refractivity contribution is -0.141. The van der Waals surface area contributed by atoms with Gasteiger partial charge in [-0.15, -0.1) is 0 Å². The molecule has 0 radical (unpaired) electrons. The van der Waals surface area contributed by atoms with Gasteiger partial charge in [-0.3, -0.25) is 4.79 Å². The Kier molecular flexibility index (Phi) is 3.86. The highest BCUT2D eigenvalue weighted by Crippen LogP contribution is 2.37. The number of aliphatic carboxylic acids is 1. The van der Waals surface area contributed by atoms with Crippen LogP contribution >= 0.6 is 0 Å². The zero-order valence-electron chi connectivity index (χ0n) is 8.55. The molecule has 1 aliphatic carbocycles. The first kappa shape index (κ1) is 11.4. The first-order valence-electron chi connectivity index (χ1n) is 5.20. The Labute approximate surface area is 83.7 Å². The third-order valence-electron chi connectivity index (χ3n) is 2.77. The number of rotatable bonds is 5. The molecule has 0 aromatic heterocycles. The van der Waals surface area contributed by atoms with E-state index in [1.807, 2.05) is 6.92 Å². The Balaban J connectivity index is 2.33. The summed E-state index contributed by atoms with van der Waals surface area (Å²) in [5, 5.41) is 11.7. The SMILES string of the molecule is CCCNCC1(F)CCC(C(=O)O)C1. The Morgan fingerprint density at radius 2 is 2.43 bits per heavy atom. The Bertz CT molecular complexity index is 210. The molecule has 0 bridgehead atoms. The molecule has 1 aliphatic rings. The van der Waals surface area contributed by atoms with E-state index in [9.17, 15) is 9.18 Å². The molecule has 0 aromatic carbocycles. The highest BCUT2D eigenvalue weighted by molar-refractivity contribution is 5.70. The summed E-state index contributed by atoms with van der Waals surface area (Å²) in [6.45, 7) is 3.11. The Morgan fingerprint density at radius 1 is 1.71 bits per heavy atom. The molecule has 0 aromatic rings. The molecular weight excluding hydrogens is 185 g/mol. The number of carbonyl (C=O) groups is 1. The zero-order valence-corrected chi connectivity index (χ0v) is 8.55. The van der Waals surface area contributed by atoms with Gasteiger partial charge in [-0.2, -0.15) is 0 Å².